The number of ether oxygens (including phenoxy) is 1. The van der Waals surface area contributed by atoms with E-state index < -0.39 is 18.2 Å². The molecule has 1 N–H and O–H groups in total. The summed E-state index contributed by atoms with van der Waals surface area (Å²) in [6, 6.07) is 0.143. The number of nitrogens with zero attached hydrogens (tertiary/aromatic N) is 1. The van der Waals surface area contributed by atoms with E-state index >= 15 is 0 Å². The van der Waals surface area contributed by atoms with Crippen molar-refractivity contribution in [2.24, 2.45) is 5.92 Å². The first-order valence-corrected chi connectivity index (χ1v) is 6.47. The SMILES string of the molecule is CC(C)CC(C)N(C)C(=O)[C@@H]1CC[C@H](C(=O)O)O1. The Balaban J connectivity index is 2.52. The van der Waals surface area contributed by atoms with E-state index in [-0.39, 0.29) is 11.9 Å². The van der Waals surface area contributed by atoms with Crippen LogP contribution in [0.2, 0.25) is 0 Å². The van der Waals surface area contributed by atoms with Crippen LogP contribution in [0.4, 0.5) is 0 Å². The molecule has 0 saturated carbocycles. The first kappa shape index (κ1) is 15.0. The van der Waals surface area contributed by atoms with Crippen molar-refractivity contribution in [3.63, 3.8) is 0 Å². The molecule has 1 saturated heterocycles. The average molecular weight is 257 g/mol. The summed E-state index contributed by atoms with van der Waals surface area (Å²) in [4.78, 5) is 24.6. The van der Waals surface area contributed by atoms with Gasteiger partial charge in [0, 0.05) is 13.1 Å². The molecule has 0 aliphatic carbocycles. The number of carbonyl (C=O) groups is 2. The molecule has 0 radical (unpaired) electrons. The summed E-state index contributed by atoms with van der Waals surface area (Å²) in [7, 11) is 1.76. The van der Waals surface area contributed by atoms with Crippen LogP contribution < -0.4 is 0 Å². The van der Waals surface area contributed by atoms with Gasteiger partial charge in [-0.25, -0.2) is 4.79 Å². The summed E-state index contributed by atoms with van der Waals surface area (Å²) < 4.78 is 5.27. The number of carboxylic acids is 1. The molecule has 0 aromatic carbocycles. The lowest BCUT2D eigenvalue weighted by atomic mass is 10.0. The lowest BCUT2D eigenvalue weighted by Gasteiger charge is -2.28. The summed E-state index contributed by atoms with van der Waals surface area (Å²) in [6.45, 7) is 6.23. The molecule has 1 amide bonds. The maximum absolute atomic E-state index is 12.1. The van der Waals surface area contributed by atoms with Crippen LogP contribution >= 0.6 is 0 Å². The predicted molar refractivity (Wildman–Crippen MR) is 67.2 cm³/mol. The van der Waals surface area contributed by atoms with E-state index in [1.54, 1.807) is 11.9 Å². The molecule has 1 aliphatic rings. The summed E-state index contributed by atoms with van der Waals surface area (Å²) in [5, 5.41) is 8.83. The molecule has 5 nitrogen and oxygen atoms in total. The molecule has 0 spiro atoms. The van der Waals surface area contributed by atoms with Gasteiger partial charge in [-0.3, -0.25) is 4.79 Å². The Morgan fingerprint density at radius 3 is 2.28 bits per heavy atom. The Morgan fingerprint density at radius 2 is 1.83 bits per heavy atom. The minimum atomic E-state index is -0.983. The second kappa shape index (κ2) is 6.18. The Kier molecular flexibility index (Phi) is 5.14. The van der Waals surface area contributed by atoms with Gasteiger partial charge in [-0.2, -0.15) is 0 Å². The summed E-state index contributed by atoms with van der Waals surface area (Å²) >= 11 is 0. The number of amides is 1. The molecule has 1 rings (SSSR count). The molecule has 0 aromatic heterocycles. The van der Waals surface area contributed by atoms with E-state index in [0.29, 0.717) is 18.8 Å². The normalized spacial score (nSPS) is 25.2. The predicted octanol–water partition coefficient (Wildman–Crippen LogP) is 1.51. The molecule has 0 aromatic rings. The van der Waals surface area contributed by atoms with Crippen molar-refractivity contribution >= 4 is 11.9 Å². The second-order valence-electron chi connectivity index (χ2n) is 5.46. The van der Waals surface area contributed by atoms with Gasteiger partial charge < -0.3 is 14.7 Å². The van der Waals surface area contributed by atoms with Crippen LogP contribution in [0.25, 0.3) is 0 Å². The van der Waals surface area contributed by atoms with Gasteiger partial charge in [-0.15, -0.1) is 0 Å². The van der Waals surface area contributed by atoms with Gasteiger partial charge in [-0.05, 0) is 32.1 Å². The standard InChI is InChI=1S/C13H23NO4/c1-8(2)7-9(3)14(4)12(15)10-5-6-11(18-10)13(16)17/h8-11H,5-7H2,1-4H3,(H,16,17)/t9?,10-,11+/m0/s1. The molecule has 1 unspecified atom stereocenters. The Bertz CT molecular complexity index is 316. The third kappa shape index (κ3) is 3.70. The van der Waals surface area contributed by atoms with E-state index in [4.69, 9.17) is 9.84 Å². The lowest BCUT2D eigenvalue weighted by Crippen LogP contribution is -2.42. The van der Waals surface area contributed by atoms with Gasteiger partial charge in [-0.1, -0.05) is 13.8 Å². The quantitative estimate of drug-likeness (QED) is 0.810. The molecule has 1 fully saturated rings. The van der Waals surface area contributed by atoms with E-state index in [1.165, 1.54) is 0 Å². The number of aliphatic carboxylic acids is 1. The van der Waals surface area contributed by atoms with Crippen molar-refractivity contribution in [3.05, 3.63) is 0 Å². The highest BCUT2D eigenvalue weighted by atomic mass is 16.5. The van der Waals surface area contributed by atoms with Crippen LogP contribution in [-0.4, -0.2) is 47.2 Å². The highest BCUT2D eigenvalue weighted by molar-refractivity contribution is 5.82. The van der Waals surface area contributed by atoms with E-state index in [9.17, 15) is 9.59 Å². The molecule has 1 aliphatic heterocycles. The van der Waals surface area contributed by atoms with Crippen molar-refractivity contribution in [1.29, 1.82) is 0 Å². The monoisotopic (exact) mass is 257 g/mol. The Hall–Kier alpha value is -1.10. The first-order valence-electron chi connectivity index (χ1n) is 6.47. The zero-order valence-electron chi connectivity index (χ0n) is 11.5. The molecular weight excluding hydrogens is 234 g/mol. The van der Waals surface area contributed by atoms with Crippen LogP contribution in [0.5, 0.6) is 0 Å². The van der Waals surface area contributed by atoms with Crippen LogP contribution in [0.3, 0.4) is 0 Å². The molecule has 3 atom stereocenters. The molecular formula is C13H23NO4. The number of rotatable bonds is 5. The van der Waals surface area contributed by atoms with Gasteiger partial charge in [0.2, 0.25) is 0 Å². The van der Waals surface area contributed by atoms with Crippen molar-refractivity contribution in [2.75, 3.05) is 7.05 Å². The minimum absolute atomic E-state index is 0.105. The highest BCUT2D eigenvalue weighted by Crippen LogP contribution is 2.22. The van der Waals surface area contributed by atoms with E-state index in [2.05, 4.69) is 13.8 Å². The lowest BCUT2D eigenvalue weighted by molar-refractivity contribution is -0.155. The van der Waals surface area contributed by atoms with Crippen LogP contribution in [-0.2, 0) is 14.3 Å². The van der Waals surface area contributed by atoms with E-state index in [1.807, 2.05) is 6.92 Å². The number of likely N-dealkylation sites (N-methyl/N-ethyl adjacent to an activating group) is 1. The maximum Gasteiger partial charge on any atom is 0.332 e. The Morgan fingerprint density at radius 1 is 1.28 bits per heavy atom. The first-order chi connectivity index (χ1) is 8.32. The van der Waals surface area contributed by atoms with Gasteiger partial charge in [0.15, 0.2) is 6.10 Å². The molecule has 18 heavy (non-hydrogen) atoms. The average Bonchev–Trinajstić information content (AvgIpc) is 2.75. The molecule has 1 heterocycles. The van der Waals surface area contributed by atoms with Crippen molar-refractivity contribution in [1.82, 2.24) is 4.90 Å². The smallest absolute Gasteiger partial charge is 0.332 e. The fourth-order valence-corrected chi connectivity index (χ4v) is 2.29. The molecule has 5 heteroatoms. The topological polar surface area (TPSA) is 66.8 Å². The minimum Gasteiger partial charge on any atom is -0.479 e. The van der Waals surface area contributed by atoms with E-state index in [0.717, 1.165) is 6.42 Å². The van der Waals surface area contributed by atoms with Crippen LogP contribution in [0.15, 0.2) is 0 Å². The summed E-state index contributed by atoms with van der Waals surface area (Å²) in [5.41, 5.74) is 0. The largest absolute Gasteiger partial charge is 0.479 e. The number of hydrogen-bond acceptors (Lipinski definition) is 3. The van der Waals surface area contributed by atoms with Gasteiger partial charge in [0.05, 0.1) is 0 Å². The van der Waals surface area contributed by atoms with Crippen molar-refractivity contribution in [3.8, 4) is 0 Å². The highest BCUT2D eigenvalue weighted by Gasteiger charge is 2.36. The zero-order chi connectivity index (χ0) is 13.9. The number of hydrogen-bond donors (Lipinski definition) is 1. The summed E-state index contributed by atoms with van der Waals surface area (Å²) in [5.74, 6) is -0.568. The van der Waals surface area contributed by atoms with Crippen LogP contribution in [0.1, 0.15) is 40.0 Å². The fraction of sp³-hybridized carbons (Fsp3) is 0.846. The van der Waals surface area contributed by atoms with Crippen molar-refractivity contribution < 1.29 is 19.4 Å². The van der Waals surface area contributed by atoms with Crippen LogP contribution in [0, 0.1) is 5.92 Å². The number of carboxylic acid groups (broad SMARTS) is 1. The van der Waals surface area contributed by atoms with Crippen molar-refractivity contribution in [2.45, 2.75) is 58.3 Å². The second-order valence-corrected chi connectivity index (χ2v) is 5.46. The Labute approximate surface area is 108 Å². The van der Waals surface area contributed by atoms with Gasteiger partial charge in [0.25, 0.3) is 5.91 Å². The zero-order valence-corrected chi connectivity index (χ0v) is 11.5. The third-order valence-electron chi connectivity index (χ3n) is 3.39. The molecule has 104 valence electrons. The fourth-order valence-electron chi connectivity index (χ4n) is 2.29. The maximum atomic E-state index is 12.1. The third-order valence-corrected chi connectivity index (χ3v) is 3.39. The number of carbonyl (C=O) groups excluding carboxylic acids is 1. The van der Waals surface area contributed by atoms with Gasteiger partial charge in [0.1, 0.15) is 6.10 Å². The molecule has 0 bridgehead atoms. The van der Waals surface area contributed by atoms with Gasteiger partial charge >= 0.3 is 5.97 Å². The summed E-state index contributed by atoms with van der Waals surface area (Å²) in [6.07, 6.45) is 0.419.